The molecule has 0 aromatic carbocycles. The monoisotopic (exact) mass is 799 g/mol. The number of hydrogen-bond donors (Lipinski definition) is 13. The van der Waals surface area contributed by atoms with Crippen LogP contribution in [0.3, 0.4) is 0 Å². The molecule has 4 aliphatic heterocycles. The second-order valence-electron chi connectivity index (χ2n) is 12.3. The first-order valence-electron chi connectivity index (χ1n) is 15.6. The number of carboxylic acid groups (broad SMARTS) is 2. The van der Waals surface area contributed by atoms with E-state index in [1.807, 2.05) is 0 Å². The zero-order chi connectivity index (χ0) is 39.7. The predicted molar refractivity (Wildman–Crippen MR) is 156 cm³/mol. The molecule has 0 saturated carbocycles. The van der Waals surface area contributed by atoms with E-state index in [4.69, 9.17) is 33.2 Å². The maximum atomic E-state index is 12.3. The van der Waals surface area contributed by atoms with Crippen molar-refractivity contribution in [1.29, 1.82) is 0 Å². The van der Waals surface area contributed by atoms with E-state index in [0.717, 1.165) is 6.92 Å². The van der Waals surface area contributed by atoms with E-state index in [0.29, 0.717) is 0 Å². The summed E-state index contributed by atoms with van der Waals surface area (Å²) >= 11 is 0. The second-order valence-corrected chi connectivity index (χ2v) is 13.4. The van der Waals surface area contributed by atoms with Crippen LogP contribution in [0.2, 0.25) is 0 Å². The summed E-state index contributed by atoms with van der Waals surface area (Å²) in [6.07, 6.45) is -36.4. The van der Waals surface area contributed by atoms with E-state index in [9.17, 15) is 83.5 Å². The molecule has 19 atom stereocenters. The number of aliphatic hydroxyl groups excluding tert-OH is 9. The highest BCUT2D eigenvalue weighted by molar-refractivity contribution is 7.80. The Balaban J connectivity index is 1.62. The fourth-order valence-electron chi connectivity index (χ4n) is 6.09. The van der Waals surface area contributed by atoms with Crippen molar-refractivity contribution < 1.29 is 121 Å². The van der Waals surface area contributed by atoms with Crippen LogP contribution in [0.4, 0.5) is 0 Å². The van der Waals surface area contributed by atoms with Crippen LogP contribution in [0.5, 0.6) is 0 Å². The third kappa shape index (κ3) is 9.72. The molecule has 4 aliphatic rings. The maximum Gasteiger partial charge on any atom is 0.397 e. The summed E-state index contributed by atoms with van der Waals surface area (Å²) in [5, 5.41) is 115. The molecule has 306 valence electrons. The minimum atomic E-state index is -5.29. The second kappa shape index (κ2) is 17.6. The van der Waals surface area contributed by atoms with Crippen molar-refractivity contribution in [3.63, 3.8) is 0 Å². The van der Waals surface area contributed by atoms with Gasteiger partial charge in [0.05, 0.1) is 19.8 Å². The van der Waals surface area contributed by atoms with Crippen LogP contribution < -0.4 is 5.32 Å². The van der Waals surface area contributed by atoms with Crippen LogP contribution >= 0.6 is 0 Å². The van der Waals surface area contributed by atoms with Gasteiger partial charge in [-0.1, -0.05) is 0 Å². The quantitative estimate of drug-likeness (QED) is 0.0725. The molecular weight excluding hydrogens is 758 g/mol. The van der Waals surface area contributed by atoms with E-state index < -0.39 is 165 Å². The Morgan fingerprint density at radius 1 is 0.604 bits per heavy atom. The van der Waals surface area contributed by atoms with Crippen LogP contribution in [0, 0.1) is 0 Å². The maximum absolute atomic E-state index is 12.3. The van der Waals surface area contributed by atoms with Crippen molar-refractivity contribution in [3.8, 4) is 0 Å². The lowest BCUT2D eigenvalue weighted by Crippen LogP contribution is -2.70. The summed E-state index contributed by atoms with van der Waals surface area (Å²) in [5.41, 5.74) is 0. The number of nitrogens with one attached hydrogen (secondary N) is 1. The number of rotatable bonds is 14. The number of carbonyl (C=O) groups is 3. The molecule has 4 rings (SSSR count). The highest BCUT2D eigenvalue weighted by atomic mass is 32.3. The van der Waals surface area contributed by atoms with Gasteiger partial charge >= 0.3 is 22.3 Å². The van der Waals surface area contributed by atoms with Crippen LogP contribution in [-0.2, 0) is 62.1 Å². The average Bonchev–Trinajstić information content (AvgIpc) is 3.38. The van der Waals surface area contributed by atoms with Gasteiger partial charge in [0.15, 0.2) is 31.1 Å². The van der Waals surface area contributed by atoms with Gasteiger partial charge in [-0.15, -0.1) is 0 Å². The Morgan fingerprint density at radius 3 is 1.62 bits per heavy atom. The fraction of sp³-hybridized carbons (Fsp3) is 0.885. The first-order chi connectivity index (χ1) is 24.7. The smallest absolute Gasteiger partial charge is 0.397 e. The van der Waals surface area contributed by atoms with Crippen molar-refractivity contribution in [3.05, 3.63) is 0 Å². The lowest BCUT2D eigenvalue weighted by atomic mass is 9.94. The minimum absolute atomic E-state index is 0.727. The molecule has 0 bridgehead atoms. The SMILES string of the molecule is CC(=O)N[C@H]1[C@@H](O[C@H]2[C@H](O)[C@@H](O)[C@@H](O[C@H]3[C@H](O)[C@@H](CO)O[C@@H]3CO)O[C@@H]2C(=O)O)O[C@H](COS(=O)(=O)O)[C@@H](O[C@@H]2O[C@H](C(=O)O)[C@@H](O)[C@H](O)[C@H]2O)[C@@H]1O. The molecule has 26 nitrogen and oxygen atoms in total. The zero-order valence-corrected chi connectivity index (χ0v) is 28.0. The minimum Gasteiger partial charge on any atom is -0.479 e. The van der Waals surface area contributed by atoms with E-state index in [1.165, 1.54) is 0 Å². The number of amides is 1. The standard InChI is InChI=1S/C26H41NO25S/c1-5(30)27-9-11(32)18(49-25-15(36)12(33)13(34)20(51-25)22(38)39)8(4-45-53(42,43)44)47-24(9)50-19-14(35)16(37)26(52-21(19)23(40)41)48-17-7(3-29)46-6(2-28)10(17)31/h6-21,24-26,28-29,31-37H,2-4H2,1H3,(H,27,30)(H,38,39)(H,40,41)(H,42,43,44)/t6-,7-,8-,9-,10-,11-,12+,13+,14-,15-,16-,17-,18-,19+,20+,21+,24-,25-,26+/m1/s1. The van der Waals surface area contributed by atoms with Gasteiger partial charge in [0, 0.05) is 6.92 Å². The number of ether oxygens (including phenoxy) is 7. The van der Waals surface area contributed by atoms with Crippen LogP contribution in [0.25, 0.3) is 0 Å². The van der Waals surface area contributed by atoms with Crippen molar-refractivity contribution in [1.82, 2.24) is 5.32 Å². The molecule has 0 aromatic heterocycles. The number of aliphatic carboxylic acids is 2. The average molecular weight is 800 g/mol. The Kier molecular flexibility index (Phi) is 14.4. The molecule has 13 N–H and O–H groups in total. The Morgan fingerprint density at radius 2 is 1.11 bits per heavy atom. The van der Waals surface area contributed by atoms with Crippen molar-refractivity contribution in [2.24, 2.45) is 0 Å². The molecule has 0 spiro atoms. The zero-order valence-electron chi connectivity index (χ0n) is 27.2. The third-order valence-electron chi connectivity index (χ3n) is 8.69. The van der Waals surface area contributed by atoms with E-state index >= 15 is 0 Å². The lowest BCUT2D eigenvalue weighted by molar-refractivity contribution is -0.364. The molecule has 4 saturated heterocycles. The van der Waals surface area contributed by atoms with Gasteiger partial charge in [0.2, 0.25) is 5.91 Å². The summed E-state index contributed by atoms with van der Waals surface area (Å²) in [6.45, 7) is -1.87. The molecule has 27 heteroatoms. The van der Waals surface area contributed by atoms with E-state index in [1.54, 1.807) is 0 Å². The number of hydrogen-bond acceptors (Lipinski definition) is 22. The highest BCUT2D eigenvalue weighted by Gasteiger charge is 2.57. The van der Waals surface area contributed by atoms with Crippen LogP contribution in [0.1, 0.15) is 6.92 Å². The van der Waals surface area contributed by atoms with Gasteiger partial charge in [-0.2, -0.15) is 8.42 Å². The summed E-state index contributed by atoms with van der Waals surface area (Å²) in [6, 6.07) is -1.91. The first-order valence-corrected chi connectivity index (χ1v) is 17.0. The molecule has 1 amide bonds. The molecule has 0 radical (unpaired) electrons. The molecule has 0 unspecified atom stereocenters. The number of carboxylic acids is 2. The topological polar surface area (TPSA) is 414 Å². The highest BCUT2D eigenvalue weighted by Crippen LogP contribution is 2.35. The number of aliphatic hydroxyl groups is 9. The summed E-state index contributed by atoms with van der Waals surface area (Å²) in [4.78, 5) is 36.1. The van der Waals surface area contributed by atoms with Gasteiger partial charge in [-0.05, 0) is 0 Å². The van der Waals surface area contributed by atoms with Crippen molar-refractivity contribution >= 4 is 28.2 Å². The first kappa shape index (κ1) is 43.4. The van der Waals surface area contributed by atoms with Crippen LogP contribution in [-0.4, -0.2) is 223 Å². The summed E-state index contributed by atoms with van der Waals surface area (Å²) in [5.74, 6) is -4.64. The van der Waals surface area contributed by atoms with Gasteiger partial charge < -0.3 is 94.6 Å². The normalized spacial score (nSPS) is 45.1. The Labute approximate surface area is 297 Å². The molecule has 53 heavy (non-hydrogen) atoms. The van der Waals surface area contributed by atoms with Crippen LogP contribution in [0.15, 0.2) is 0 Å². The summed E-state index contributed by atoms with van der Waals surface area (Å²) in [7, 11) is -5.29. The van der Waals surface area contributed by atoms with Gasteiger partial charge in [0.25, 0.3) is 0 Å². The molecule has 4 heterocycles. The van der Waals surface area contributed by atoms with Gasteiger partial charge in [-0.3, -0.25) is 9.35 Å². The van der Waals surface area contributed by atoms with E-state index in [2.05, 4.69) is 9.50 Å². The summed E-state index contributed by atoms with van der Waals surface area (Å²) < 4.78 is 74.2. The molecule has 0 aromatic rings. The molecule has 0 aliphatic carbocycles. The van der Waals surface area contributed by atoms with Crippen molar-refractivity contribution in [2.45, 2.75) is 123 Å². The van der Waals surface area contributed by atoms with Crippen molar-refractivity contribution in [2.75, 3.05) is 19.8 Å². The lowest BCUT2D eigenvalue weighted by Gasteiger charge is -2.49. The fourth-order valence-corrected chi connectivity index (χ4v) is 6.39. The van der Waals surface area contributed by atoms with Gasteiger partial charge in [0.1, 0.15) is 85.4 Å². The van der Waals surface area contributed by atoms with Gasteiger partial charge in [-0.25, -0.2) is 13.8 Å². The van der Waals surface area contributed by atoms with E-state index in [-0.39, 0.29) is 0 Å². The molecular formula is C26H41NO25S. The largest absolute Gasteiger partial charge is 0.479 e. The third-order valence-corrected chi connectivity index (χ3v) is 9.13. The predicted octanol–water partition coefficient (Wildman–Crippen LogP) is -8.91. The molecule has 4 fully saturated rings. The number of carbonyl (C=O) groups excluding carboxylic acids is 1. The Bertz CT molecular complexity index is 1390. The Hall–Kier alpha value is -2.36.